The molecule has 0 aliphatic rings. The smallest absolute Gasteiger partial charge is 0.0325 e. The van der Waals surface area contributed by atoms with Gasteiger partial charge in [0, 0.05) is 0 Å². The van der Waals surface area contributed by atoms with Gasteiger partial charge in [-0.25, -0.2) is 0 Å². The molecule has 0 heterocycles. The van der Waals surface area contributed by atoms with Crippen molar-refractivity contribution in [3.05, 3.63) is 0 Å². The van der Waals surface area contributed by atoms with Crippen LogP contribution in [0.25, 0.3) is 0 Å². The Morgan fingerprint density at radius 1 is 0.421 bits per heavy atom. The molecular formula is C15H36P4. The average Bonchev–Trinajstić information content (AvgIpc) is 2.27. The monoisotopic (exact) mass is 340 g/mol. The quantitative estimate of drug-likeness (QED) is 0.390. The molecule has 0 aromatic heterocycles. The molecule has 19 heavy (non-hydrogen) atoms. The molecule has 2 unspecified atom stereocenters. The Bertz CT molecular complexity index is 175. The van der Waals surface area contributed by atoms with E-state index in [1.807, 2.05) is 0 Å². The second kappa shape index (κ2) is 13.4. The van der Waals surface area contributed by atoms with E-state index < -0.39 is 0 Å². The minimum Gasteiger partial charge on any atom is -0.113 e. The van der Waals surface area contributed by atoms with Gasteiger partial charge in [0.25, 0.3) is 0 Å². The van der Waals surface area contributed by atoms with Gasteiger partial charge >= 0.3 is 0 Å². The Hall–Kier alpha value is 1.72. The van der Waals surface area contributed by atoms with Crippen LogP contribution in [0.4, 0.5) is 0 Å². The van der Waals surface area contributed by atoms with E-state index in [0.29, 0.717) is 31.7 Å². The molecule has 0 fully saturated rings. The second-order valence-corrected chi connectivity index (χ2v) is 16.7. The summed E-state index contributed by atoms with van der Waals surface area (Å²) in [7, 11) is 1.41. The third-order valence-corrected chi connectivity index (χ3v) is 10.1. The van der Waals surface area contributed by atoms with Crippen molar-refractivity contribution in [1.29, 1.82) is 0 Å². The summed E-state index contributed by atoms with van der Waals surface area (Å²) >= 11 is 0. The van der Waals surface area contributed by atoms with E-state index in [1.165, 1.54) is 43.9 Å². The molecule has 0 bridgehead atoms. The predicted molar refractivity (Wildman–Crippen MR) is 106 cm³/mol. The minimum atomic E-state index is 0.348. The van der Waals surface area contributed by atoms with Gasteiger partial charge < -0.3 is 0 Å². The highest BCUT2D eigenvalue weighted by molar-refractivity contribution is 7.58. The molecule has 2 atom stereocenters. The summed E-state index contributed by atoms with van der Waals surface area (Å²) in [4.78, 5) is 0. The van der Waals surface area contributed by atoms with Crippen molar-refractivity contribution in [3.8, 4) is 0 Å². The lowest BCUT2D eigenvalue weighted by molar-refractivity contribution is 1.05. The maximum Gasteiger partial charge on any atom is -0.0325 e. The summed E-state index contributed by atoms with van der Waals surface area (Å²) in [6.45, 7) is 14.7. The summed E-state index contributed by atoms with van der Waals surface area (Å²) in [6.07, 6.45) is 13.7. The summed E-state index contributed by atoms with van der Waals surface area (Å²) < 4.78 is 0. The molecule has 0 saturated heterocycles. The van der Waals surface area contributed by atoms with Crippen LogP contribution >= 0.6 is 31.7 Å². The molecule has 0 spiro atoms. The van der Waals surface area contributed by atoms with Crippen LogP contribution < -0.4 is 0 Å². The largest absolute Gasteiger partial charge is 0.113 e. The molecule has 0 aromatic rings. The Morgan fingerprint density at radius 2 is 0.684 bits per heavy atom. The molecule has 0 amide bonds. The van der Waals surface area contributed by atoms with Crippen LogP contribution in [-0.2, 0) is 0 Å². The van der Waals surface area contributed by atoms with E-state index in [4.69, 9.17) is 0 Å². The van der Waals surface area contributed by atoms with Crippen LogP contribution in [0.3, 0.4) is 0 Å². The molecular weight excluding hydrogens is 304 g/mol. The van der Waals surface area contributed by atoms with Gasteiger partial charge in [-0.3, -0.25) is 0 Å². The topological polar surface area (TPSA) is 0 Å². The van der Waals surface area contributed by atoms with Gasteiger partial charge in [0.2, 0.25) is 0 Å². The van der Waals surface area contributed by atoms with Gasteiger partial charge in [-0.05, 0) is 96.2 Å². The fourth-order valence-corrected chi connectivity index (χ4v) is 7.72. The highest BCUT2D eigenvalue weighted by atomic mass is 31.1. The number of hydrogen-bond donors (Lipinski definition) is 0. The molecule has 0 N–H and O–H groups in total. The number of rotatable bonds is 12. The molecule has 0 radical (unpaired) electrons. The summed E-state index contributed by atoms with van der Waals surface area (Å²) in [6, 6.07) is 0. The molecule has 4 heteroatoms. The average molecular weight is 340 g/mol. The summed E-state index contributed by atoms with van der Waals surface area (Å²) in [5.74, 6) is 0. The zero-order valence-electron chi connectivity index (χ0n) is 14.2. The number of hydrogen-bond acceptors (Lipinski definition) is 0. The van der Waals surface area contributed by atoms with Gasteiger partial charge in [-0.1, -0.05) is 0 Å². The molecule has 116 valence electrons. The van der Waals surface area contributed by atoms with Crippen LogP contribution in [-0.4, -0.2) is 77.0 Å². The Balaban J connectivity index is 3.40. The van der Waals surface area contributed by atoms with Crippen LogP contribution in [0.15, 0.2) is 0 Å². The lowest BCUT2D eigenvalue weighted by atomic mass is 10.6. The maximum absolute atomic E-state index is 2.53. The maximum atomic E-state index is 2.53. The Kier molecular flexibility index (Phi) is 14.6. The highest BCUT2D eigenvalue weighted by Crippen LogP contribution is 2.39. The first-order valence-corrected chi connectivity index (χ1v) is 16.7. The van der Waals surface area contributed by atoms with E-state index in [-0.39, 0.29) is 0 Å². The first kappa shape index (κ1) is 20.7. The molecule has 0 aromatic carbocycles. The van der Waals surface area contributed by atoms with Crippen molar-refractivity contribution < 1.29 is 0 Å². The molecule has 0 saturated carbocycles. The van der Waals surface area contributed by atoms with Gasteiger partial charge in [0.15, 0.2) is 0 Å². The van der Waals surface area contributed by atoms with Crippen LogP contribution in [0.1, 0.15) is 19.3 Å². The van der Waals surface area contributed by atoms with Crippen LogP contribution in [0.5, 0.6) is 0 Å². The third-order valence-electron chi connectivity index (χ3n) is 3.37. The Morgan fingerprint density at radius 3 is 0.947 bits per heavy atom. The normalized spacial score (nSPS) is 15.2. The van der Waals surface area contributed by atoms with Crippen molar-refractivity contribution in [1.82, 2.24) is 0 Å². The van der Waals surface area contributed by atoms with Gasteiger partial charge in [0.05, 0.1) is 0 Å². The molecule has 0 aliphatic heterocycles. The fourth-order valence-electron chi connectivity index (χ4n) is 2.15. The lowest BCUT2D eigenvalue weighted by Crippen LogP contribution is -1.96. The van der Waals surface area contributed by atoms with Crippen molar-refractivity contribution in [2.45, 2.75) is 19.3 Å². The summed E-state index contributed by atoms with van der Waals surface area (Å²) in [5.41, 5.74) is 0. The standard InChI is InChI=1S/C15H36P4/c1-16(2)10-7-12-18(5)14-9-15-19(6)13-8-11-17(3)4/h7-15H2,1-6H3. The SMILES string of the molecule is CP(C)CCCP(C)CCCP(C)CCCP(C)C. The fraction of sp³-hybridized carbons (Fsp3) is 1.00. The first-order chi connectivity index (χ1) is 8.91. The lowest BCUT2D eigenvalue weighted by Gasteiger charge is -2.16. The first-order valence-electron chi connectivity index (χ1n) is 7.58. The Labute approximate surface area is 128 Å². The van der Waals surface area contributed by atoms with Gasteiger partial charge in [-0.15, -0.1) is 31.7 Å². The van der Waals surface area contributed by atoms with Gasteiger partial charge in [0.1, 0.15) is 0 Å². The van der Waals surface area contributed by atoms with E-state index in [2.05, 4.69) is 40.0 Å². The van der Waals surface area contributed by atoms with E-state index >= 15 is 0 Å². The second-order valence-electron chi connectivity index (χ2n) is 6.27. The van der Waals surface area contributed by atoms with E-state index in [9.17, 15) is 0 Å². The van der Waals surface area contributed by atoms with Crippen LogP contribution in [0, 0.1) is 0 Å². The third kappa shape index (κ3) is 15.9. The summed E-state index contributed by atoms with van der Waals surface area (Å²) in [5, 5.41) is 0. The van der Waals surface area contributed by atoms with Crippen molar-refractivity contribution >= 4 is 31.7 Å². The molecule has 0 rings (SSSR count). The van der Waals surface area contributed by atoms with Crippen molar-refractivity contribution in [2.75, 3.05) is 77.0 Å². The molecule has 0 aliphatic carbocycles. The zero-order chi connectivity index (χ0) is 14.7. The van der Waals surface area contributed by atoms with E-state index in [0.717, 1.165) is 0 Å². The van der Waals surface area contributed by atoms with Crippen LogP contribution in [0.2, 0.25) is 0 Å². The zero-order valence-corrected chi connectivity index (χ0v) is 17.7. The van der Waals surface area contributed by atoms with Gasteiger partial charge in [-0.2, -0.15) is 0 Å². The minimum absolute atomic E-state index is 0.348. The van der Waals surface area contributed by atoms with Crippen molar-refractivity contribution in [2.24, 2.45) is 0 Å². The van der Waals surface area contributed by atoms with E-state index in [1.54, 1.807) is 12.3 Å². The highest BCUT2D eigenvalue weighted by Gasteiger charge is 2.05. The predicted octanol–water partition coefficient (Wildman–Crippen LogP) is 5.86. The van der Waals surface area contributed by atoms with Crippen molar-refractivity contribution in [3.63, 3.8) is 0 Å². The molecule has 0 nitrogen and oxygen atoms in total.